The molecule has 224 valence electrons. The average molecular weight is 620 g/mol. The van der Waals surface area contributed by atoms with Crippen molar-refractivity contribution in [1.29, 1.82) is 0 Å². The van der Waals surface area contributed by atoms with Crippen molar-refractivity contribution in [3.8, 4) is 5.75 Å². The van der Waals surface area contributed by atoms with Crippen molar-refractivity contribution in [1.82, 2.24) is 20.4 Å². The predicted molar refractivity (Wildman–Crippen MR) is 146 cm³/mol. The van der Waals surface area contributed by atoms with Gasteiger partial charge in [0.05, 0.1) is 12.8 Å². The summed E-state index contributed by atoms with van der Waals surface area (Å²) in [5.74, 6) is -2.19. The van der Waals surface area contributed by atoms with Crippen molar-refractivity contribution < 1.29 is 36.3 Å². The van der Waals surface area contributed by atoms with E-state index in [4.69, 9.17) is 0 Å². The lowest BCUT2D eigenvalue weighted by molar-refractivity contribution is -0.274. The number of nitrogens with one attached hydrogen (secondary N) is 2. The van der Waals surface area contributed by atoms with Crippen molar-refractivity contribution in [3.63, 3.8) is 0 Å². The molecule has 4 aromatic rings. The van der Waals surface area contributed by atoms with Gasteiger partial charge in [0.15, 0.2) is 11.6 Å². The molecule has 1 aliphatic rings. The summed E-state index contributed by atoms with van der Waals surface area (Å²) in [5.41, 5.74) is 0.389. The molecule has 2 aromatic heterocycles. The number of hydrogen-bond donors (Lipinski definition) is 2. The number of carbonyl (C=O) groups excluding carboxylic acids is 2. The molecule has 0 spiro atoms. The number of hydrogen-bond acceptors (Lipinski definition) is 9. The van der Waals surface area contributed by atoms with Crippen molar-refractivity contribution in [2.24, 2.45) is 0 Å². The van der Waals surface area contributed by atoms with E-state index in [1.807, 2.05) is 4.90 Å². The van der Waals surface area contributed by atoms with Gasteiger partial charge in [-0.2, -0.15) is 0 Å². The largest absolute Gasteiger partial charge is 0.573 e. The zero-order valence-corrected chi connectivity index (χ0v) is 22.9. The maximum absolute atomic E-state index is 13.8. The maximum Gasteiger partial charge on any atom is 0.573 e. The molecule has 5 rings (SSSR count). The number of amides is 2. The summed E-state index contributed by atoms with van der Waals surface area (Å²) >= 11 is 1.20. The number of anilines is 3. The summed E-state index contributed by atoms with van der Waals surface area (Å²) in [6.45, 7) is 1.20. The van der Waals surface area contributed by atoms with Crippen LogP contribution in [0.25, 0.3) is 0 Å². The van der Waals surface area contributed by atoms with E-state index in [0.717, 1.165) is 30.7 Å². The van der Waals surface area contributed by atoms with E-state index in [1.54, 1.807) is 12.1 Å². The second kappa shape index (κ2) is 12.6. The molecular weight excluding hydrogens is 597 g/mol. The second-order valence-corrected chi connectivity index (χ2v) is 10.5. The molecule has 1 unspecified atom stereocenters. The van der Waals surface area contributed by atoms with Crippen LogP contribution in [0.15, 0.2) is 54.6 Å². The standard InChI is InChI=1S/C27H22F5N7O3S/c28-18-5-4-16(20(29)13-18)12-24(41)34-26-38-37-25(43-26)17-8-9-39(14-17)22-7-6-21(35-36-22)33-23(40)11-15-2-1-3-19(10-15)42-27(30,31)32/h1-7,10,13,17H,8-9,11-12,14H2,(H,33,35,40)(H,34,38,41). The SMILES string of the molecule is O=C(Cc1cccc(OC(F)(F)F)c1)Nc1ccc(N2CCC(c3nnc(NC(=O)Cc4ccc(F)cc4F)s3)C2)nn1. The lowest BCUT2D eigenvalue weighted by Gasteiger charge is -2.16. The van der Waals surface area contributed by atoms with E-state index in [1.165, 1.54) is 29.5 Å². The van der Waals surface area contributed by atoms with Gasteiger partial charge in [-0.1, -0.05) is 29.5 Å². The van der Waals surface area contributed by atoms with Gasteiger partial charge in [-0.05, 0) is 47.9 Å². The molecule has 0 bridgehead atoms. The fraction of sp³-hybridized carbons (Fsp3) is 0.259. The van der Waals surface area contributed by atoms with Crippen molar-refractivity contribution in [2.75, 3.05) is 28.6 Å². The van der Waals surface area contributed by atoms with Gasteiger partial charge in [0.25, 0.3) is 0 Å². The Hall–Kier alpha value is -4.73. The first kappa shape index (κ1) is 29.8. The Balaban J connectivity index is 1.11. The molecule has 16 heteroatoms. The van der Waals surface area contributed by atoms with Gasteiger partial charge in [-0.25, -0.2) is 8.78 Å². The molecule has 2 aromatic carbocycles. The van der Waals surface area contributed by atoms with Gasteiger partial charge in [0, 0.05) is 25.1 Å². The van der Waals surface area contributed by atoms with E-state index in [-0.39, 0.29) is 35.3 Å². The van der Waals surface area contributed by atoms with Crippen molar-refractivity contribution in [3.05, 3.63) is 82.4 Å². The fourth-order valence-electron chi connectivity index (χ4n) is 4.41. The molecule has 43 heavy (non-hydrogen) atoms. The number of nitrogens with zero attached hydrogens (tertiary/aromatic N) is 5. The first-order chi connectivity index (χ1) is 20.5. The molecular formula is C27H22F5N7O3S. The summed E-state index contributed by atoms with van der Waals surface area (Å²) in [7, 11) is 0. The smallest absolute Gasteiger partial charge is 0.406 e. The van der Waals surface area contributed by atoms with Gasteiger partial charge < -0.3 is 20.3 Å². The minimum absolute atomic E-state index is 0.0102. The third-order valence-electron chi connectivity index (χ3n) is 6.33. The quantitative estimate of drug-likeness (QED) is 0.255. The van der Waals surface area contributed by atoms with E-state index >= 15 is 0 Å². The molecule has 3 heterocycles. The van der Waals surface area contributed by atoms with Gasteiger partial charge >= 0.3 is 6.36 Å². The molecule has 1 atom stereocenters. The van der Waals surface area contributed by atoms with Crippen LogP contribution in [0.3, 0.4) is 0 Å². The molecule has 0 radical (unpaired) electrons. The third-order valence-corrected chi connectivity index (χ3v) is 7.33. The molecule has 2 N–H and O–H groups in total. The zero-order chi connectivity index (χ0) is 30.6. The van der Waals surface area contributed by atoms with E-state index in [0.29, 0.717) is 29.5 Å². The van der Waals surface area contributed by atoms with Crippen LogP contribution in [0.1, 0.15) is 28.5 Å². The minimum Gasteiger partial charge on any atom is -0.406 e. The first-order valence-corrected chi connectivity index (χ1v) is 13.6. The Bertz CT molecular complexity index is 1620. The van der Waals surface area contributed by atoms with Crippen LogP contribution >= 0.6 is 11.3 Å². The number of aromatic nitrogens is 4. The summed E-state index contributed by atoms with van der Waals surface area (Å²) in [5, 5.41) is 22.5. The van der Waals surface area contributed by atoms with Crippen molar-refractivity contribution >= 4 is 39.9 Å². The Morgan fingerprint density at radius 3 is 2.51 bits per heavy atom. The molecule has 0 aliphatic carbocycles. The molecule has 0 saturated carbocycles. The van der Waals surface area contributed by atoms with Crippen LogP contribution < -0.4 is 20.3 Å². The Labute approximate surface area is 244 Å². The summed E-state index contributed by atoms with van der Waals surface area (Å²) in [6.07, 6.45) is -4.57. The monoisotopic (exact) mass is 619 g/mol. The number of benzene rings is 2. The molecule has 1 saturated heterocycles. The van der Waals surface area contributed by atoms with Crippen LogP contribution in [0.5, 0.6) is 5.75 Å². The number of halogens is 5. The highest BCUT2D eigenvalue weighted by Crippen LogP contribution is 2.33. The zero-order valence-electron chi connectivity index (χ0n) is 22.1. The lowest BCUT2D eigenvalue weighted by atomic mass is 10.1. The topological polar surface area (TPSA) is 122 Å². The van der Waals surface area contributed by atoms with Crippen LogP contribution in [-0.4, -0.2) is 51.7 Å². The summed E-state index contributed by atoms with van der Waals surface area (Å²) in [4.78, 5) is 26.7. The highest BCUT2D eigenvalue weighted by Gasteiger charge is 2.31. The number of ether oxygens (including phenoxy) is 1. The summed E-state index contributed by atoms with van der Waals surface area (Å²) in [6, 6.07) is 11.4. The summed E-state index contributed by atoms with van der Waals surface area (Å²) < 4.78 is 68.1. The number of alkyl halides is 3. The van der Waals surface area contributed by atoms with E-state index in [2.05, 4.69) is 35.8 Å². The van der Waals surface area contributed by atoms with Gasteiger partial charge in [0.1, 0.15) is 22.4 Å². The highest BCUT2D eigenvalue weighted by atomic mass is 32.1. The third kappa shape index (κ3) is 8.18. The Morgan fingerprint density at radius 1 is 0.953 bits per heavy atom. The molecule has 2 amide bonds. The molecule has 1 aliphatic heterocycles. The van der Waals surface area contributed by atoms with Crippen LogP contribution in [0, 0.1) is 11.6 Å². The van der Waals surface area contributed by atoms with E-state index in [9.17, 15) is 31.5 Å². The molecule has 1 fully saturated rings. The Kier molecular flexibility index (Phi) is 8.75. The van der Waals surface area contributed by atoms with Crippen LogP contribution in [-0.2, 0) is 22.4 Å². The number of carbonyl (C=O) groups is 2. The minimum atomic E-state index is -4.83. The normalized spacial score (nSPS) is 14.9. The second-order valence-electron chi connectivity index (χ2n) is 9.53. The van der Waals surface area contributed by atoms with Gasteiger partial charge in [-0.15, -0.1) is 33.6 Å². The predicted octanol–water partition coefficient (Wildman–Crippen LogP) is 4.86. The molecule has 10 nitrogen and oxygen atoms in total. The lowest BCUT2D eigenvalue weighted by Crippen LogP contribution is -2.21. The van der Waals surface area contributed by atoms with Crippen molar-refractivity contribution in [2.45, 2.75) is 31.5 Å². The van der Waals surface area contributed by atoms with E-state index < -0.39 is 35.6 Å². The van der Waals surface area contributed by atoms with Crippen LogP contribution in [0.4, 0.5) is 38.7 Å². The fourth-order valence-corrected chi connectivity index (χ4v) is 5.29. The van der Waals surface area contributed by atoms with Gasteiger partial charge in [0.2, 0.25) is 16.9 Å². The number of rotatable bonds is 9. The Morgan fingerprint density at radius 2 is 1.77 bits per heavy atom. The maximum atomic E-state index is 13.8. The van der Waals surface area contributed by atoms with Crippen LogP contribution in [0.2, 0.25) is 0 Å². The highest BCUT2D eigenvalue weighted by molar-refractivity contribution is 7.15. The average Bonchev–Trinajstić information content (AvgIpc) is 3.60. The van der Waals surface area contributed by atoms with Gasteiger partial charge in [-0.3, -0.25) is 9.59 Å². The first-order valence-electron chi connectivity index (χ1n) is 12.8.